The number of rotatable bonds is 2. The Hall–Kier alpha value is -0.960. The second kappa shape index (κ2) is 5.35. The van der Waals surface area contributed by atoms with Gasteiger partial charge in [-0.25, -0.2) is 0 Å². The van der Waals surface area contributed by atoms with Crippen molar-refractivity contribution in [3.05, 3.63) is 35.4 Å². The predicted molar refractivity (Wildman–Crippen MR) is 79.1 cm³/mol. The van der Waals surface area contributed by atoms with Gasteiger partial charge in [0, 0.05) is 5.75 Å². The molecule has 1 aliphatic carbocycles. The van der Waals surface area contributed by atoms with Gasteiger partial charge in [0.1, 0.15) is 0 Å². The Bertz CT molecular complexity index is 456. The Labute approximate surface area is 113 Å². The molecular formula is C15H20N2S. The van der Waals surface area contributed by atoms with Crippen LogP contribution in [0.2, 0.25) is 0 Å². The minimum Gasteiger partial charge on any atom is -0.360 e. The Morgan fingerprint density at radius 3 is 2.94 bits per heavy atom. The molecule has 0 bridgehead atoms. The number of hydrogen-bond donors (Lipinski definition) is 1. The molecule has 2 aliphatic rings. The van der Waals surface area contributed by atoms with E-state index in [4.69, 9.17) is 4.99 Å². The largest absolute Gasteiger partial charge is 0.360 e. The number of aliphatic imine (C=N–C) groups is 1. The van der Waals surface area contributed by atoms with Gasteiger partial charge >= 0.3 is 0 Å². The highest BCUT2D eigenvalue weighted by Gasteiger charge is 2.30. The van der Waals surface area contributed by atoms with Gasteiger partial charge in [-0.15, -0.1) is 0 Å². The van der Waals surface area contributed by atoms with E-state index in [1.165, 1.54) is 36.8 Å². The number of amidine groups is 1. The highest BCUT2D eigenvalue weighted by molar-refractivity contribution is 8.13. The fourth-order valence-corrected chi connectivity index (χ4v) is 3.84. The van der Waals surface area contributed by atoms with Crippen molar-refractivity contribution >= 4 is 16.9 Å². The minimum atomic E-state index is 0.554. The van der Waals surface area contributed by atoms with E-state index in [0.29, 0.717) is 12.1 Å². The molecule has 3 rings (SSSR count). The number of nitrogens with zero attached hydrogens (tertiary/aromatic N) is 1. The number of benzene rings is 1. The second-order valence-electron chi connectivity index (χ2n) is 5.25. The Morgan fingerprint density at radius 2 is 2.11 bits per heavy atom. The summed E-state index contributed by atoms with van der Waals surface area (Å²) in [6.45, 7) is 2.18. The topological polar surface area (TPSA) is 24.4 Å². The molecule has 2 nitrogen and oxygen atoms in total. The molecule has 0 saturated heterocycles. The maximum atomic E-state index is 4.82. The molecule has 0 radical (unpaired) electrons. The average molecular weight is 260 g/mol. The summed E-state index contributed by atoms with van der Waals surface area (Å²) in [5, 5.41) is 4.76. The van der Waals surface area contributed by atoms with Crippen LogP contribution in [0.25, 0.3) is 0 Å². The highest BCUT2D eigenvalue weighted by atomic mass is 32.2. The molecule has 0 spiro atoms. The highest BCUT2D eigenvalue weighted by Crippen LogP contribution is 2.28. The van der Waals surface area contributed by atoms with Crippen LogP contribution in [0, 0.1) is 6.92 Å². The fraction of sp³-hybridized carbons (Fsp3) is 0.533. The first kappa shape index (κ1) is 12.1. The summed E-state index contributed by atoms with van der Waals surface area (Å²) >= 11 is 1.86. The molecule has 3 heteroatoms. The molecule has 1 heterocycles. The van der Waals surface area contributed by atoms with Crippen LogP contribution in [0.15, 0.2) is 29.3 Å². The van der Waals surface area contributed by atoms with Gasteiger partial charge in [0.25, 0.3) is 0 Å². The van der Waals surface area contributed by atoms with Crippen molar-refractivity contribution in [3.63, 3.8) is 0 Å². The molecule has 1 N–H and O–H groups in total. The number of nitrogens with one attached hydrogen (secondary N) is 1. The van der Waals surface area contributed by atoms with Gasteiger partial charge in [0.2, 0.25) is 0 Å². The van der Waals surface area contributed by atoms with E-state index >= 15 is 0 Å². The van der Waals surface area contributed by atoms with Crippen LogP contribution in [0.1, 0.15) is 36.8 Å². The van der Waals surface area contributed by atoms with Crippen LogP contribution < -0.4 is 5.32 Å². The van der Waals surface area contributed by atoms with Crippen LogP contribution in [0.4, 0.5) is 0 Å². The lowest BCUT2D eigenvalue weighted by atomic mass is 9.92. The van der Waals surface area contributed by atoms with Crippen molar-refractivity contribution in [1.29, 1.82) is 0 Å². The number of aryl methyl sites for hydroxylation is 1. The fourth-order valence-electron chi connectivity index (χ4n) is 2.78. The maximum Gasteiger partial charge on any atom is 0.157 e. The first-order valence-corrected chi connectivity index (χ1v) is 7.83. The van der Waals surface area contributed by atoms with Gasteiger partial charge in [-0.3, -0.25) is 4.99 Å². The summed E-state index contributed by atoms with van der Waals surface area (Å²) in [5.74, 6) is 1.03. The van der Waals surface area contributed by atoms with Crippen molar-refractivity contribution < 1.29 is 0 Å². The Morgan fingerprint density at radius 1 is 1.28 bits per heavy atom. The molecule has 0 amide bonds. The average Bonchev–Trinajstić information content (AvgIpc) is 2.80. The summed E-state index contributed by atoms with van der Waals surface area (Å²) in [6.07, 6.45) is 5.27. The van der Waals surface area contributed by atoms with Crippen molar-refractivity contribution in [2.45, 2.75) is 50.4 Å². The zero-order valence-electron chi connectivity index (χ0n) is 10.9. The third kappa shape index (κ3) is 2.56. The normalized spacial score (nSPS) is 26.4. The molecule has 1 aliphatic heterocycles. The van der Waals surface area contributed by atoms with Gasteiger partial charge in [-0.1, -0.05) is 48.9 Å². The Kier molecular flexibility index (Phi) is 3.59. The molecule has 2 atom stereocenters. The quantitative estimate of drug-likeness (QED) is 0.880. The van der Waals surface area contributed by atoms with Gasteiger partial charge in [-0.05, 0) is 30.9 Å². The molecule has 1 saturated carbocycles. The SMILES string of the molecule is Cc1ccccc1CSC1=NC2CCCCC2N1. The first-order valence-electron chi connectivity index (χ1n) is 6.84. The van der Waals surface area contributed by atoms with Crippen LogP contribution in [-0.2, 0) is 5.75 Å². The molecule has 18 heavy (non-hydrogen) atoms. The summed E-state index contributed by atoms with van der Waals surface area (Å²) in [5.41, 5.74) is 2.79. The molecule has 0 aromatic heterocycles. The summed E-state index contributed by atoms with van der Waals surface area (Å²) in [6, 6.07) is 9.79. The van der Waals surface area contributed by atoms with Crippen molar-refractivity contribution in [2.24, 2.45) is 4.99 Å². The van der Waals surface area contributed by atoms with E-state index in [1.54, 1.807) is 0 Å². The number of fused-ring (bicyclic) bond motifs is 1. The van der Waals surface area contributed by atoms with E-state index in [9.17, 15) is 0 Å². The van der Waals surface area contributed by atoms with Gasteiger partial charge < -0.3 is 5.32 Å². The monoisotopic (exact) mass is 260 g/mol. The maximum absolute atomic E-state index is 4.82. The van der Waals surface area contributed by atoms with Crippen LogP contribution in [-0.4, -0.2) is 17.3 Å². The van der Waals surface area contributed by atoms with Gasteiger partial charge in [0.15, 0.2) is 5.17 Å². The smallest absolute Gasteiger partial charge is 0.157 e. The molecular weight excluding hydrogens is 240 g/mol. The Balaban J connectivity index is 1.60. The minimum absolute atomic E-state index is 0.554. The summed E-state index contributed by atoms with van der Waals surface area (Å²) < 4.78 is 0. The summed E-state index contributed by atoms with van der Waals surface area (Å²) in [4.78, 5) is 4.82. The van der Waals surface area contributed by atoms with Crippen molar-refractivity contribution in [2.75, 3.05) is 0 Å². The standard InChI is InChI=1S/C15H20N2S/c1-11-6-2-3-7-12(11)10-18-15-16-13-8-4-5-9-14(13)17-15/h2-3,6-7,13-14H,4-5,8-10H2,1H3,(H,16,17). The number of thioether (sulfide) groups is 1. The van der Waals surface area contributed by atoms with E-state index in [1.807, 2.05) is 11.8 Å². The van der Waals surface area contributed by atoms with Crippen LogP contribution in [0.3, 0.4) is 0 Å². The lowest BCUT2D eigenvalue weighted by Crippen LogP contribution is -2.36. The zero-order valence-corrected chi connectivity index (χ0v) is 11.7. The van der Waals surface area contributed by atoms with Crippen LogP contribution >= 0.6 is 11.8 Å². The molecule has 1 aromatic rings. The first-order chi connectivity index (χ1) is 8.83. The van der Waals surface area contributed by atoms with Crippen LogP contribution in [0.5, 0.6) is 0 Å². The van der Waals surface area contributed by atoms with Gasteiger partial charge in [-0.2, -0.15) is 0 Å². The molecule has 96 valence electrons. The zero-order chi connectivity index (χ0) is 12.4. The van der Waals surface area contributed by atoms with Crippen molar-refractivity contribution in [3.8, 4) is 0 Å². The van der Waals surface area contributed by atoms with E-state index in [-0.39, 0.29) is 0 Å². The van der Waals surface area contributed by atoms with E-state index < -0.39 is 0 Å². The third-order valence-corrected chi connectivity index (χ3v) is 4.90. The van der Waals surface area contributed by atoms with E-state index in [0.717, 1.165) is 10.9 Å². The third-order valence-electron chi connectivity index (χ3n) is 3.95. The molecule has 1 fully saturated rings. The van der Waals surface area contributed by atoms with Gasteiger partial charge in [0.05, 0.1) is 12.1 Å². The summed E-state index contributed by atoms with van der Waals surface area (Å²) in [7, 11) is 0. The predicted octanol–water partition coefficient (Wildman–Crippen LogP) is 3.50. The van der Waals surface area contributed by atoms with Crippen molar-refractivity contribution in [1.82, 2.24) is 5.32 Å². The van der Waals surface area contributed by atoms with E-state index in [2.05, 4.69) is 36.5 Å². The second-order valence-corrected chi connectivity index (χ2v) is 6.22. The lowest BCUT2D eigenvalue weighted by Gasteiger charge is -2.23. The molecule has 2 unspecified atom stereocenters. The molecule has 1 aromatic carbocycles. The lowest BCUT2D eigenvalue weighted by molar-refractivity contribution is 0.385. The number of hydrogen-bond acceptors (Lipinski definition) is 3.